The molecule has 0 aromatic carbocycles. The number of halogens is 1. The Morgan fingerprint density at radius 1 is 1.60 bits per heavy atom. The molecule has 1 aliphatic heterocycles. The van der Waals surface area contributed by atoms with Crippen molar-refractivity contribution in [2.75, 3.05) is 6.61 Å². The van der Waals surface area contributed by atoms with Crippen molar-refractivity contribution in [3.8, 4) is 0 Å². The molecule has 1 saturated heterocycles. The Balaban J connectivity index is 2.44. The van der Waals surface area contributed by atoms with Crippen LogP contribution >= 0.6 is 22.6 Å². The number of hydrogen-bond acceptors (Lipinski definition) is 6. The lowest BCUT2D eigenvalue weighted by Gasteiger charge is -2.17. The topological polar surface area (TPSA) is 153 Å². The number of rotatable bonds is 3. The molecule has 10 nitrogen and oxygen atoms in total. The summed E-state index contributed by atoms with van der Waals surface area (Å²) in [4.78, 5) is 27.7. The molecule has 11 heteroatoms. The van der Waals surface area contributed by atoms with E-state index in [9.17, 15) is 14.7 Å². The minimum absolute atomic E-state index is 0.228. The average molecular weight is 395 g/mol. The Morgan fingerprint density at radius 3 is 2.90 bits per heavy atom. The zero-order valence-electron chi connectivity index (χ0n) is 9.88. The maximum Gasteiger partial charge on any atom is 0.330 e. The zero-order chi connectivity index (χ0) is 14.9. The number of H-pyrrole nitrogens is 1. The van der Waals surface area contributed by atoms with Gasteiger partial charge in [0.1, 0.15) is 6.10 Å². The fourth-order valence-electron chi connectivity index (χ4n) is 1.96. The van der Waals surface area contributed by atoms with Crippen LogP contribution in [0.15, 0.2) is 20.9 Å². The van der Waals surface area contributed by atoms with Gasteiger partial charge in [-0.15, -0.1) is 0 Å². The molecule has 0 bridgehead atoms. The third-order valence-electron chi connectivity index (χ3n) is 2.90. The number of ether oxygens (including phenoxy) is 1. The second-order valence-corrected chi connectivity index (χ2v) is 5.24. The summed E-state index contributed by atoms with van der Waals surface area (Å²) in [6.45, 7) is -0.480. The lowest BCUT2D eigenvalue weighted by molar-refractivity contribution is -0.0533. The maximum absolute atomic E-state index is 11.7. The summed E-state index contributed by atoms with van der Waals surface area (Å²) < 4.78 is 6.54. The molecule has 0 spiro atoms. The van der Waals surface area contributed by atoms with E-state index in [1.54, 1.807) is 22.6 Å². The Labute approximate surface area is 124 Å². The Hall–Kier alpha value is -1.40. The van der Waals surface area contributed by atoms with Crippen molar-refractivity contribution in [2.45, 2.75) is 24.5 Å². The van der Waals surface area contributed by atoms with E-state index in [1.165, 1.54) is 6.20 Å². The second-order valence-electron chi connectivity index (χ2n) is 4.08. The molecule has 1 unspecified atom stereocenters. The molecule has 0 aliphatic carbocycles. The lowest BCUT2D eigenvalue weighted by Crippen LogP contribution is -2.38. The number of nitrogens with zero attached hydrogens (tertiary/aromatic N) is 4. The Morgan fingerprint density at radius 2 is 2.30 bits per heavy atom. The molecule has 0 radical (unpaired) electrons. The summed E-state index contributed by atoms with van der Waals surface area (Å²) in [7, 11) is 0. The third kappa shape index (κ3) is 2.58. The van der Waals surface area contributed by atoms with Gasteiger partial charge in [-0.2, -0.15) is 0 Å². The molecule has 0 saturated carbocycles. The van der Waals surface area contributed by atoms with Crippen LogP contribution < -0.4 is 11.2 Å². The predicted octanol–water partition coefficient (Wildman–Crippen LogP) is -0.929. The normalized spacial score (nSPS) is 29.1. The highest BCUT2D eigenvalue weighted by Gasteiger charge is 2.44. The fraction of sp³-hybridized carbons (Fsp3) is 0.556. The molecule has 108 valence electrons. The van der Waals surface area contributed by atoms with Crippen molar-refractivity contribution < 1.29 is 14.9 Å². The SMILES string of the molecule is [N-]=[N+]=NC1[C@@H](CO)O[C@@H](n2cc(I)c(=O)[nH]c2=O)[C@H]1O. The van der Waals surface area contributed by atoms with Crippen LogP contribution in [0.5, 0.6) is 0 Å². The molecule has 1 aliphatic rings. The van der Waals surface area contributed by atoms with Crippen molar-refractivity contribution in [1.82, 2.24) is 9.55 Å². The molecular formula is C9H10IN5O5. The molecule has 1 fully saturated rings. The van der Waals surface area contributed by atoms with Gasteiger partial charge in [0.15, 0.2) is 6.23 Å². The maximum atomic E-state index is 11.7. The van der Waals surface area contributed by atoms with E-state index >= 15 is 0 Å². The van der Waals surface area contributed by atoms with Gasteiger partial charge in [0.2, 0.25) is 0 Å². The van der Waals surface area contributed by atoms with Crippen LogP contribution in [0.4, 0.5) is 0 Å². The molecule has 3 N–H and O–H groups in total. The highest BCUT2D eigenvalue weighted by atomic mass is 127. The van der Waals surface area contributed by atoms with Gasteiger partial charge < -0.3 is 14.9 Å². The van der Waals surface area contributed by atoms with Gasteiger partial charge in [0, 0.05) is 11.1 Å². The van der Waals surface area contributed by atoms with E-state index in [-0.39, 0.29) is 3.57 Å². The molecule has 0 amide bonds. The van der Waals surface area contributed by atoms with E-state index in [0.717, 1.165) is 4.57 Å². The smallest absolute Gasteiger partial charge is 0.330 e. The van der Waals surface area contributed by atoms with Crippen LogP contribution in [0.25, 0.3) is 10.4 Å². The summed E-state index contributed by atoms with van der Waals surface area (Å²) in [5.41, 5.74) is 7.13. The van der Waals surface area contributed by atoms with E-state index in [1.807, 2.05) is 0 Å². The summed E-state index contributed by atoms with van der Waals surface area (Å²) in [6, 6.07) is -1.02. The zero-order valence-corrected chi connectivity index (χ0v) is 12.0. The Kier molecular flexibility index (Phi) is 4.45. The van der Waals surface area contributed by atoms with Crippen LogP contribution in [0.2, 0.25) is 0 Å². The van der Waals surface area contributed by atoms with Crippen molar-refractivity contribution >= 4 is 22.6 Å². The molecule has 2 rings (SSSR count). The number of aliphatic hydroxyl groups excluding tert-OH is 2. The van der Waals surface area contributed by atoms with E-state index in [2.05, 4.69) is 15.0 Å². The van der Waals surface area contributed by atoms with Crippen LogP contribution in [0, 0.1) is 3.57 Å². The van der Waals surface area contributed by atoms with Gasteiger partial charge >= 0.3 is 5.69 Å². The van der Waals surface area contributed by atoms with Crippen molar-refractivity contribution in [3.63, 3.8) is 0 Å². The van der Waals surface area contributed by atoms with Crippen molar-refractivity contribution in [3.05, 3.63) is 41.0 Å². The second kappa shape index (κ2) is 5.93. The predicted molar refractivity (Wildman–Crippen MR) is 74.0 cm³/mol. The summed E-state index contributed by atoms with van der Waals surface area (Å²) in [5, 5.41) is 22.6. The van der Waals surface area contributed by atoms with Gasteiger partial charge in [-0.25, -0.2) is 4.79 Å². The molecule has 1 aromatic heterocycles. The van der Waals surface area contributed by atoms with Crippen LogP contribution in [0.1, 0.15) is 6.23 Å². The highest BCUT2D eigenvalue weighted by molar-refractivity contribution is 14.1. The quantitative estimate of drug-likeness (QED) is 0.261. The first-order valence-electron chi connectivity index (χ1n) is 5.49. The van der Waals surface area contributed by atoms with Gasteiger partial charge in [-0.05, 0) is 28.1 Å². The highest BCUT2D eigenvalue weighted by Crippen LogP contribution is 2.30. The first kappa shape index (κ1) is 15.0. The fourth-order valence-corrected chi connectivity index (χ4v) is 2.40. The Bertz CT molecular complexity index is 665. The number of azide groups is 1. The number of aliphatic hydroxyl groups is 2. The van der Waals surface area contributed by atoms with Crippen LogP contribution in [-0.2, 0) is 4.74 Å². The first-order chi connectivity index (χ1) is 9.49. The first-order valence-corrected chi connectivity index (χ1v) is 6.57. The standard InChI is InChI=1S/C9H10IN5O5/c10-3-1-15(9(19)12-7(3)18)8-6(17)5(13-14-11)4(2-16)20-8/h1,4-6,8,16-17H,2H2,(H,12,18,19)/t4-,5?,6+,8-/m1/s1. The van der Waals surface area contributed by atoms with E-state index in [0.29, 0.717) is 0 Å². The van der Waals surface area contributed by atoms with Crippen LogP contribution in [-0.4, -0.2) is 44.6 Å². The molecular weight excluding hydrogens is 385 g/mol. The average Bonchev–Trinajstić information content (AvgIpc) is 2.72. The summed E-state index contributed by atoms with van der Waals surface area (Å²) >= 11 is 1.72. The number of nitrogens with one attached hydrogen (secondary N) is 1. The van der Waals surface area contributed by atoms with Gasteiger partial charge in [-0.3, -0.25) is 14.3 Å². The largest absolute Gasteiger partial charge is 0.394 e. The van der Waals surface area contributed by atoms with Crippen LogP contribution in [0.3, 0.4) is 0 Å². The van der Waals surface area contributed by atoms with Gasteiger partial charge in [0.05, 0.1) is 22.3 Å². The summed E-state index contributed by atoms with van der Waals surface area (Å²) in [6.07, 6.45) is -2.17. The number of aromatic amines is 1. The minimum atomic E-state index is -1.32. The number of hydrogen-bond donors (Lipinski definition) is 3. The monoisotopic (exact) mass is 395 g/mol. The lowest BCUT2D eigenvalue weighted by atomic mass is 10.1. The summed E-state index contributed by atoms with van der Waals surface area (Å²) in [5.74, 6) is 0. The van der Waals surface area contributed by atoms with Crippen molar-refractivity contribution in [1.29, 1.82) is 0 Å². The molecule has 1 aromatic rings. The van der Waals surface area contributed by atoms with Gasteiger partial charge in [0.25, 0.3) is 5.56 Å². The molecule has 20 heavy (non-hydrogen) atoms. The molecule has 2 heterocycles. The van der Waals surface area contributed by atoms with E-state index in [4.69, 9.17) is 15.4 Å². The van der Waals surface area contributed by atoms with Crippen molar-refractivity contribution in [2.24, 2.45) is 5.11 Å². The molecule has 4 atom stereocenters. The number of aromatic nitrogens is 2. The van der Waals surface area contributed by atoms with Gasteiger partial charge in [-0.1, -0.05) is 5.11 Å². The van der Waals surface area contributed by atoms with E-state index < -0.39 is 42.3 Å². The minimum Gasteiger partial charge on any atom is -0.394 e. The third-order valence-corrected chi connectivity index (χ3v) is 3.67.